The van der Waals surface area contributed by atoms with E-state index in [2.05, 4.69) is 27.9 Å². The number of anilines is 3. The topological polar surface area (TPSA) is 38.0 Å². The quantitative estimate of drug-likeness (QED) is 0.574. The van der Waals surface area contributed by atoms with Gasteiger partial charge in [0.1, 0.15) is 0 Å². The molecule has 0 atom stereocenters. The second kappa shape index (κ2) is 5.33. The van der Waals surface area contributed by atoms with Crippen LogP contribution in [0.5, 0.6) is 0 Å². The molecule has 0 aliphatic rings. The molecule has 2 aromatic rings. The summed E-state index contributed by atoms with van der Waals surface area (Å²) in [6.07, 6.45) is 0. The largest absolute Gasteiger partial charge is 0.399 e. The molecule has 0 amide bonds. The van der Waals surface area contributed by atoms with Gasteiger partial charge in [0.05, 0.1) is 5.69 Å². The van der Waals surface area contributed by atoms with Crippen LogP contribution in [0.3, 0.4) is 0 Å². The van der Waals surface area contributed by atoms with E-state index in [4.69, 9.17) is 28.9 Å². The van der Waals surface area contributed by atoms with Crippen molar-refractivity contribution in [2.75, 3.05) is 11.1 Å². The molecule has 0 radical (unpaired) electrons. The number of halogens is 3. The van der Waals surface area contributed by atoms with Gasteiger partial charge in [-0.25, -0.2) is 0 Å². The van der Waals surface area contributed by atoms with Gasteiger partial charge in [0, 0.05) is 25.0 Å². The number of nitrogens with one attached hydrogen (secondary N) is 1. The number of nitrogen functional groups attached to an aromatic ring is 1. The minimum Gasteiger partial charge on any atom is -0.399 e. The van der Waals surface area contributed by atoms with E-state index in [0.717, 1.165) is 20.6 Å². The summed E-state index contributed by atoms with van der Waals surface area (Å²) in [5.74, 6) is 0. The molecular weight excluding hydrogens is 370 g/mol. The summed E-state index contributed by atoms with van der Waals surface area (Å²) in [7, 11) is 0. The third-order valence-corrected chi connectivity index (χ3v) is 3.46. The van der Waals surface area contributed by atoms with Crippen LogP contribution in [0.4, 0.5) is 17.1 Å². The van der Waals surface area contributed by atoms with Crippen LogP contribution in [0.1, 0.15) is 0 Å². The van der Waals surface area contributed by atoms with E-state index < -0.39 is 0 Å². The average molecular weight is 379 g/mol. The Bertz CT molecular complexity index is 538. The van der Waals surface area contributed by atoms with E-state index in [9.17, 15) is 0 Å². The van der Waals surface area contributed by atoms with Crippen LogP contribution in [0.15, 0.2) is 36.4 Å². The molecule has 0 aliphatic heterocycles. The van der Waals surface area contributed by atoms with E-state index in [-0.39, 0.29) is 0 Å². The summed E-state index contributed by atoms with van der Waals surface area (Å²) in [5.41, 5.74) is 8.26. The lowest BCUT2D eigenvalue weighted by Crippen LogP contribution is -1.94. The molecule has 0 unspecified atom stereocenters. The normalized spacial score (nSPS) is 10.3. The lowest BCUT2D eigenvalue weighted by molar-refractivity contribution is 1.52. The van der Waals surface area contributed by atoms with Gasteiger partial charge in [-0.3, -0.25) is 0 Å². The van der Waals surface area contributed by atoms with Gasteiger partial charge in [-0.15, -0.1) is 0 Å². The maximum atomic E-state index is 5.94. The molecule has 0 heterocycles. The maximum absolute atomic E-state index is 5.94. The molecule has 17 heavy (non-hydrogen) atoms. The van der Waals surface area contributed by atoms with Crippen LogP contribution in [0, 0.1) is 3.57 Å². The molecule has 0 saturated heterocycles. The summed E-state index contributed by atoms with van der Waals surface area (Å²) >= 11 is 14.1. The molecular formula is C12H9Cl2IN2. The summed E-state index contributed by atoms with van der Waals surface area (Å²) in [4.78, 5) is 0. The fraction of sp³-hybridized carbons (Fsp3) is 0. The Labute approximate surface area is 123 Å². The van der Waals surface area contributed by atoms with Crippen molar-refractivity contribution >= 4 is 62.9 Å². The molecule has 2 nitrogen and oxygen atoms in total. The second-order valence-electron chi connectivity index (χ2n) is 3.52. The molecule has 0 fully saturated rings. The molecule has 88 valence electrons. The van der Waals surface area contributed by atoms with Gasteiger partial charge >= 0.3 is 0 Å². The average Bonchev–Trinajstić information content (AvgIpc) is 2.21. The van der Waals surface area contributed by atoms with Gasteiger partial charge in [-0.2, -0.15) is 0 Å². The van der Waals surface area contributed by atoms with Crippen molar-refractivity contribution in [3.8, 4) is 0 Å². The fourth-order valence-electron chi connectivity index (χ4n) is 1.41. The van der Waals surface area contributed by atoms with Crippen molar-refractivity contribution in [2.45, 2.75) is 0 Å². The van der Waals surface area contributed by atoms with Crippen LogP contribution in [-0.2, 0) is 0 Å². The van der Waals surface area contributed by atoms with E-state index in [1.165, 1.54) is 0 Å². The predicted molar refractivity (Wildman–Crippen MR) is 83.3 cm³/mol. The zero-order valence-electron chi connectivity index (χ0n) is 8.68. The van der Waals surface area contributed by atoms with Crippen LogP contribution in [-0.4, -0.2) is 0 Å². The highest BCUT2D eigenvalue weighted by molar-refractivity contribution is 14.1. The Morgan fingerprint density at radius 3 is 2.24 bits per heavy atom. The SMILES string of the molecule is Nc1ccc(Nc2cc(Cl)cc(Cl)c2)c(I)c1. The number of nitrogens with two attached hydrogens (primary N) is 1. The Hall–Kier alpha value is -0.650. The first-order chi connectivity index (χ1) is 8.04. The van der Waals surface area contributed by atoms with Crippen molar-refractivity contribution in [3.05, 3.63) is 50.0 Å². The zero-order chi connectivity index (χ0) is 12.4. The van der Waals surface area contributed by atoms with Gasteiger partial charge in [0.15, 0.2) is 0 Å². The van der Waals surface area contributed by atoms with Crippen LogP contribution >= 0.6 is 45.8 Å². The molecule has 0 spiro atoms. The first-order valence-electron chi connectivity index (χ1n) is 4.83. The number of hydrogen-bond acceptors (Lipinski definition) is 2. The Morgan fingerprint density at radius 1 is 1.00 bits per heavy atom. The summed E-state index contributed by atoms with van der Waals surface area (Å²) < 4.78 is 1.04. The molecule has 3 N–H and O–H groups in total. The van der Waals surface area contributed by atoms with Gasteiger partial charge in [-0.1, -0.05) is 23.2 Å². The van der Waals surface area contributed by atoms with Crippen molar-refractivity contribution in [1.29, 1.82) is 0 Å². The van der Waals surface area contributed by atoms with Crippen LogP contribution < -0.4 is 11.1 Å². The molecule has 2 rings (SSSR count). The lowest BCUT2D eigenvalue weighted by atomic mass is 10.2. The summed E-state index contributed by atoms with van der Waals surface area (Å²) in [5, 5.41) is 4.45. The number of rotatable bonds is 2. The third kappa shape index (κ3) is 3.40. The minimum absolute atomic E-state index is 0.602. The molecule has 2 aromatic carbocycles. The van der Waals surface area contributed by atoms with Crippen LogP contribution in [0.25, 0.3) is 0 Å². The lowest BCUT2D eigenvalue weighted by Gasteiger charge is -2.10. The zero-order valence-corrected chi connectivity index (χ0v) is 12.3. The van der Waals surface area contributed by atoms with E-state index in [0.29, 0.717) is 10.0 Å². The van der Waals surface area contributed by atoms with E-state index >= 15 is 0 Å². The van der Waals surface area contributed by atoms with Crippen molar-refractivity contribution in [2.24, 2.45) is 0 Å². The Kier molecular flexibility index (Phi) is 4.01. The Morgan fingerprint density at radius 2 is 1.65 bits per heavy atom. The first kappa shape index (κ1) is 12.8. The molecule has 0 aromatic heterocycles. The van der Waals surface area contributed by atoms with Gasteiger partial charge in [-0.05, 0) is 59.0 Å². The molecule has 0 bridgehead atoms. The molecule has 0 saturated carbocycles. The molecule has 0 aliphatic carbocycles. The highest BCUT2D eigenvalue weighted by Crippen LogP contribution is 2.28. The van der Waals surface area contributed by atoms with Gasteiger partial charge in [0.2, 0.25) is 0 Å². The monoisotopic (exact) mass is 378 g/mol. The van der Waals surface area contributed by atoms with Crippen molar-refractivity contribution in [1.82, 2.24) is 0 Å². The highest BCUT2D eigenvalue weighted by Gasteiger charge is 2.02. The summed E-state index contributed by atoms with van der Waals surface area (Å²) in [6, 6.07) is 11.0. The van der Waals surface area contributed by atoms with Gasteiger partial charge < -0.3 is 11.1 Å². The second-order valence-corrected chi connectivity index (χ2v) is 5.56. The fourth-order valence-corrected chi connectivity index (χ4v) is 2.61. The third-order valence-electron chi connectivity index (χ3n) is 2.13. The van der Waals surface area contributed by atoms with Gasteiger partial charge in [0.25, 0.3) is 0 Å². The van der Waals surface area contributed by atoms with E-state index in [1.54, 1.807) is 6.07 Å². The number of benzene rings is 2. The highest BCUT2D eigenvalue weighted by atomic mass is 127. The minimum atomic E-state index is 0.602. The smallest absolute Gasteiger partial charge is 0.0521 e. The van der Waals surface area contributed by atoms with Crippen molar-refractivity contribution in [3.63, 3.8) is 0 Å². The van der Waals surface area contributed by atoms with Crippen LogP contribution in [0.2, 0.25) is 10.0 Å². The maximum Gasteiger partial charge on any atom is 0.0521 e. The molecule has 5 heteroatoms. The summed E-state index contributed by atoms with van der Waals surface area (Å²) in [6.45, 7) is 0. The first-order valence-corrected chi connectivity index (χ1v) is 6.66. The van der Waals surface area contributed by atoms with Crippen molar-refractivity contribution < 1.29 is 0 Å². The number of hydrogen-bond donors (Lipinski definition) is 2. The Balaban J connectivity index is 2.31. The standard InChI is InChI=1S/C12H9Cl2IN2/c13-7-3-8(14)5-10(4-7)17-12-2-1-9(16)6-11(12)15/h1-6,17H,16H2. The predicted octanol–water partition coefficient (Wildman–Crippen LogP) is 4.92. The van der Waals surface area contributed by atoms with E-state index in [1.807, 2.05) is 30.3 Å².